The van der Waals surface area contributed by atoms with Crippen LogP contribution in [-0.2, 0) is 9.59 Å². The van der Waals surface area contributed by atoms with Gasteiger partial charge in [-0.1, -0.05) is 24.6 Å². The van der Waals surface area contributed by atoms with Gasteiger partial charge in [0.05, 0.1) is 11.7 Å². The van der Waals surface area contributed by atoms with Crippen molar-refractivity contribution in [3.63, 3.8) is 0 Å². The molecule has 2 aromatic carbocycles. The fraction of sp³-hybridized carbons (Fsp3) is 0.320. The fourth-order valence-electron chi connectivity index (χ4n) is 4.10. The van der Waals surface area contributed by atoms with Crippen molar-refractivity contribution in [3.8, 4) is 10.4 Å². The molecule has 1 aliphatic heterocycles. The molecule has 0 spiro atoms. The van der Waals surface area contributed by atoms with Gasteiger partial charge in [-0.05, 0) is 55.6 Å². The van der Waals surface area contributed by atoms with Gasteiger partial charge < -0.3 is 15.3 Å². The number of anilines is 1. The number of nitrogens with zero attached hydrogens (tertiary/aromatic N) is 2. The summed E-state index contributed by atoms with van der Waals surface area (Å²) in [5, 5.41) is 19.8. The van der Waals surface area contributed by atoms with Crippen LogP contribution in [0.3, 0.4) is 0 Å². The monoisotopic (exact) mass is 518 g/mol. The fourth-order valence-corrected chi connectivity index (χ4v) is 5.19. The number of aliphatic carboxylic acids is 1. The summed E-state index contributed by atoms with van der Waals surface area (Å²) < 4.78 is 33.0. The Morgan fingerprint density at radius 3 is 2.50 bits per heavy atom. The Morgan fingerprint density at radius 2 is 1.81 bits per heavy atom. The molecule has 190 valence electrons. The maximum Gasteiger partial charge on any atom is 0.490 e. The number of aromatic nitrogens is 2. The third-order valence-electron chi connectivity index (χ3n) is 5.87. The average Bonchev–Trinajstić information content (AvgIpc) is 3.50. The lowest BCUT2D eigenvalue weighted by Crippen LogP contribution is -2.32. The largest absolute Gasteiger partial charge is 0.490 e. The zero-order valence-electron chi connectivity index (χ0n) is 19.3. The Balaban J connectivity index is 0.000000384. The van der Waals surface area contributed by atoms with Crippen molar-refractivity contribution >= 4 is 49.9 Å². The van der Waals surface area contributed by atoms with E-state index in [0.717, 1.165) is 41.8 Å². The van der Waals surface area contributed by atoms with E-state index in [2.05, 4.69) is 56.8 Å². The quantitative estimate of drug-likeness (QED) is 0.306. The van der Waals surface area contributed by atoms with Crippen LogP contribution in [0.25, 0.3) is 31.4 Å². The van der Waals surface area contributed by atoms with Crippen molar-refractivity contribution in [2.45, 2.75) is 31.9 Å². The highest BCUT2D eigenvalue weighted by molar-refractivity contribution is 7.22. The second-order valence-electron chi connectivity index (χ2n) is 8.51. The van der Waals surface area contributed by atoms with Crippen molar-refractivity contribution in [3.05, 3.63) is 48.7 Å². The van der Waals surface area contributed by atoms with E-state index < -0.39 is 12.1 Å². The summed E-state index contributed by atoms with van der Waals surface area (Å²) in [6.45, 7) is 3.07. The molecule has 11 heteroatoms. The number of halogens is 3. The van der Waals surface area contributed by atoms with Crippen molar-refractivity contribution < 1.29 is 27.9 Å². The lowest BCUT2D eigenvalue weighted by atomic mass is 10.1. The molecule has 3 heterocycles. The highest BCUT2D eigenvalue weighted by Gasteiger charge is 2.38. The van der Waals surface area contributed by atoms with Gasteiger partial charge in [0.25, 0.3) is 0 Å². The Labute approximate surface area is 208 Å². The van der Waals surface area contributed by atoms with E-state index in [1.54, 1.807) is 11.3 Å². The first-order chi connectivity index (χ1) is 17.2. The normalized spacial score (nSPS) is 14.4. The lowest BCUT2D eigenvalue weighted by molar-refractivity contribution is -0.192. The Hall–Kier alpha value is -3.44. The molecule has 1 amide bonds. The average molecular weight is 519 g/mol. The van der Waals surface area contributed by atoms with E-state index in [-0.39, 0.29) is 5.91 Å². The number of likely N-dealkylation sites (tertiary alicyclic amines) is 1. The SMILES string of the molecule is O=C(CCN1CCCCC1)Nc1cc(-c2cc3ccccc3s2)c2[nH]ncc2c1.O=C(O)C(F)(F)F. The highest BCUT2D eigenvalue weighted by Crippen LogP contribution is 2.38. The molecule has 0 aliphatic carbocycles. The Kier molecular flexibility index (Phi) is 7.90. The van der Waals surface area contributed by atoms with Crippen LogP contribution in [0.4, 0.5) is 18.9 Å². The van der Waals surface area contributed by atoms with Crippen LogP contribution < -0.4 is 5.32 Å². The number of hydrogen-bond donors (Lipinski definition) is 3. The number of nitrogens with one attached hydrogen (secondary N) is 2. The Morgan fingerprint density at radius 1 is 1.08 bits per heavy atom. The molecule has 0 saturated carbocycles. The number of rotatable bonds is 5. The summed E-state index contributed by atoms with van der Waals surface area (Å²) in [5.41, 5.74) is 2.91. The standard InChI is InChI=1S/C23H24N4OS.C2HF3O2/c28-22(8-11-27-9-4-1-5-10-27)25-18-12-17-15-24-26-23(17)19(14-18)21-13-16-6-2-3-7-20(16)29-21;3-2(4,5)1(6)7/h2-3,6-7,12-15H,1,4-5,8-11H2,(H,24,26)(H,25,28);(H,6,7). The van der Waals surface area contributed by atoms with E-state index >= 15 is 0 Å². The van der Waals surface area contributed by atoms with Crippen molar-refractivity contribution in [2.24, 2.45) is 0 Å². The van der Waals surface area contributed by atoms with E-state index in [1.807, 2.05) is 12.3 Å². The second-order valence-corrected chi connectivity index (χ2v) is 9.59. The molecule has 0 atom stereocenters. The summed E-state index contributed by atoms with van der Waals surface area (Å²) in [7, 11) is 0. The number of hydrogen-bond acceptors (Lipinski definition) is 5. The van der Waals surface area contributed by atoms with E-state index in [4.69, 9.17) is 9.90 Å². The number of carbonyl (C=O) groups excluding carboxylic acids is 1. The van der Waals surface area contributed by atoms with Crippen LogP contribution in [0.1, 0.15) is 25.7 Å². The summed E-state index contributed by atoms with van der Waals surface area (Å²) in [6.07, 6.45) is 1.07. The topological polar surface area (TPSA) is 98.3 Å². The van der Waals surface area contributed by atoms with Gasteiger partial charge in [0.2, 0.25) is 5.91 Å². The van der Waals surface area contributed by atoms with E-state index in [0.29, 0.717) is 6.42 Å². The molecule has 1 saturated heterocycles. The molecule has 4 aromatic rings. The minimum Gasteiger partial charge on any atom is -0.475 e. The Bertz CT molecular complexity index is 1330. The molecule has 36 heavy (non-hydrogen) atoms. The molecule has 1 fully saturated rings. The molecule has 0 bridgehead atoms. The zero-order valence-corrected chi connectivity index (χ0v) is 20.1. The number of carboxylic acid groups (broad SMARTS) is 1. The van der Waals surface area contributed by atoms with Gasteiger partial charge in [-0.25, -0.2) is 4.79 Å². The molecule has 2 aromatic heterocycles. The van der Waals surface area contributed by atoms with Crippen molar-refractivity contribution in [1.29, 1.82) is 0 Å². The van der Waals surface area contributed by atoms with Crippen LogP contribution in [0.15, 0.2) is 48.7 Å². The maximum absolute atomic E-state index is 12.6. The predicted molar refractivity (Wildman–Crippen MR) is 134 cm³/mol. The van der Waals surface area contributed by atoms with Crippen molar-refractivity contribution in [1.82, 2.24) is 15.1 Å². The van der Waals surface area contributed by atoms with Crippen LogP contribution in [0.2, 0.25) is 0 Å². The first-order valence-corrected chi connectivity index (χ1v) is 12.3. The number of aromatic amines is 1. The number of carboxylic acids is 1. The first kappa shape index (κ1) is 25.6. The molecular weight excluding hydrogens is 493 g/mol. The van der Waals surface area contributed by atoms with Gasteiger partial charge in [0, 0.05) is 39.2 Å². The minimum atomic E-state index is -5.08. The summed E-state index contributed by atoms with van der Waals surface area (Å²) in [6, 6.07) is 14.7. The van der Waals surface area contributed by atoms with Crippen LogP contribution >= 0.6 is 11.3 Å². The van der Waals surface area contributed by atoms with Crippen LogP contribution in [0.5, 0.6) is 0 Å². The zero-order chi connectivity index (χ0) is 25.7. The van der Waals surface area contributed by atoms with E-state index in [9.17, 15) is 18.0 Å². The number of fused-ring (bicyclic) bond motifs is 2. The van der Waals surface area contributed by atoms with Gasteiger partial charge in [0.15, 0.2) is 0 Å². The third kappa shape index (κ3) is 6.41. The van der Waals surface area contributed by atoms with Gasteiger partial charge in [-0.15, -0.1) is 11.3 Å². The number of benzene rings is 2. The number of carbonyl (C=O) groups is 2. The first-order valence-electron chi connectivity index (χ1n) is 11.5. The second kappa shape index (κ2) is 11.1. The van der Waals surface area contributed by atoms with Crippen molar-refractivity contribution in [2.75, 3.05) is 25.0 Å². The number of alkyl halides is 3. The molecule has 3 N–H and O–H groups in total. The highest BCUT2D eigenvalue weighted by atomic mass is 32.1. The predicted octanol–water partition coefficient (Wildman–Crippen LogP) is 5.89. The number of piperidine rings is 1. The number of H-pyrrole nitrogens is 1. The molecule has 5 rings (SSSR count). The number of amides is 1. The van der Waals surface area contributed by atoms with Gasteiger partial charge in [0.1, 0.15) is 0 Å². The van der Waals surface area contributed by atoms with Gasteiger partial charge in [-0.3, -0.25) is 9.89 Å². The maximum atomic E-state index is 12.6. The van der Waals surface area contributed by atoms with E-state index in [1.165, 1.54) is 34.2 Å². The summed E-state index contributed by atoms with van der Waals surface area (Å²) in [4.78, 5) is 25.0. The van der Waals surface area contributed by atoms with Crippen LogP contribution in [0, 0.1) is 0 Å². The minimum absolute atomic E-state index is 0.0701. The van der Waals surface area contributed by atoms with Crippen LogP contribution in [-0.4, -0.2) is 57.9 Å². The molecular formula is C25H25F3N4O3S. The molecule has 0 radical (unpaired) electrons. The van der Waals surface area contributed by atoms with Gasteiger partial charge in [-0.2, -0.15) is 18.3 Å². The molecule has 7 nitrogen and oxygen atoms in total. The van der Waals surface area contributed by atoms with Gasteiger partial charge >= 0.3 is 12.1 Å². The summed E-state index contributed by atoms with van der Waals surface area (Å²) >= 11 is 1.76. The molecule has 1 aliphatic rings. The summed E-state index contributed by atoms with van der Waals surface area (Å²) in [5.74, 6) is -2.69. The smallest absolute Gasteiger partial charge is 0.475 e. The molecule has 0 unspecified atom stereocenters. The number of thiophene rings is 1. The lowest BCUT2D eigenvalue weighted by Gasteiger charge is -2.25. The third-order valence-corrected chi connectivity index (χ3v) is 7.02.